The number of rotatable bonds is 3. The van der Waals surface area contributed by atoms with E-state index in [0.717, 1.165) is 0 Å². The van der Waals surface area contributed by atoms with Gasteiger partial charge in [0.2, 0.25) is 5.88 Å². The van der Waals surface area contributed by atoms with Crippen LogP contribution in [0.1, 0.15) is 5.69 Å². The summed E-state index contributed by atoms with van der Waals surface area (Å²) in [4.78, 5) is 3.65. The van der Waals surface area contributed by atoms with Crippen molar-refractivity contribution < 1.29 is 13.5 Å². The van der Waals surface area contributed by atoms with Gasteiger partial charge < -0.3 is 4.74 Å². The number of alkyl halides is 2. The quantitative estimate of drug-likeness (QED) is 0.783. The molecular weight excluding hydrogens is 214 g/mol. The minimum Gasteiger partial charge on any atom is -0.417 e. The number of hydrogen-bond acceptors (Lipinski definition) is 3. The van der Waals surface area contributed by atoms with Crippen molar-refractivity contribution in [2.24, 2.45) is 0 Å². The second-order valence-corrected chi connectivity index (χ2v) is 2.70. The van der Waals surface area contributed by atoms with Gasteiger partial charge in [0.05, 0.1) is 23.2 Å². The number of hydrogen-bond donors (Lipinski definition) is 0. The lowest BCUT2D eigenvalue weighted by Gasteiger charge is -2.04. The van der Waals surface area contributed by atoms with Gasteiger partial charge in [-0.05, 0) is 6.07 Å². The van der Waals surface area contributed by atoms with Crippen molar-refractivity contribution in [3.63, 3.8) is 0 Å². The summed E-state index contributed by atoms with van der Waals surface area (Å²) in [6.07, 6.45) is -0.0424. The topological polar surface area (TPSA) is 45.9 Å². The van der Waals surface area contributed by atoms with Gasteiger partial charge in [-0.3, -0.25) is 0 Å². The summed E-state index contributed by atoms with van der Waals surface area (Å²) in [5.41, 5.74) is 0.229. The fourth-order valence-electron chi connectivity index (χ4n) is 0.820. The molecule has 6 heteroatoms. The van der Waals surface area contributed by atoms with Crippen molar-refractivity contribution in [2.45, 2.75) is 13.0 Å². The molecule has 0 spiro atoms. The fraction of sp³-hybridized carbons (Fsp3) is 0.250. The third-order valence-electron chi connectivity index (χ3n) is 1.35. The minimum absolute atomic E-state index is 0.0424. The van der Waals surface area contributed by atoms with Gasteiger partial charge in [0, 0.05) is 6.07 Å². The third kappa shape index (κ3) is 2.82. The van der Waals surface area contributed by atoms with Gasteiger partial charge in [-0.15, -0.1) is 0 Å². The van der Waals surface area contributed by atoms with Crippen LogP contribution in [0.25, 0.3) is 0 Å². The van der Waals surface area contributed by atoms with Crippen LogP contribution in [0.15, 0.2) is 12.1 Å². The van der Waals surface area contributed by atoms with Gasteiger partial charge in [-0.25, -0.2) is 4.98 Å². The van der Waals surface area contributed by atoms with Crippen molar-refractivity contribution >= 4 is 11.6 Å². The molecule has 3 nitrogen and oxygen atoms in total. The zero-order valence-corrected chi connectivity index (χ0v) is 7.63. The van der Waals surface area contributed by atoms with Gasteiger partial charge in [0.15, 0.2) is 0 Å². The van der Waals surface area contributed by atoms with Crippen LogP contribution < -0.4 is 4.74 Å². The van der Waals surface area contributed by atoms with Crippen molar-refractivity contribution in [2.75, 3.05) is 0 Å². The SMILES string of the molecule is N#CCc1nc(OC(F)F)ccc1Cl. The molecule has 1 aromatic heterocycles. The Morgan fingerprint density at radius 3 is 2.86 bits per heavy atom. The maximum atomic E-state index is 11.8. The average Bonchev–Trinajstić information content (AvgIpc) is 2.10. The fourth-order valence-corrected chi connectivity index (χ4v) is 0.992. The van der Waals surface area contributed by atoms with Gasteiger partial charge in [-0.2, -0.15) is 14.0 Å². The van der Waals surface area contributed by atoms with Crippen LogP contribution in [0.2, 0.25) is 5.02 Å². The number of nitrogens with zero attached hydrogens (tertiary/aromatic N) is 2. The van der Waals surface area contributed by atoms with E-state index in [4.69, 9.17) is 16.9 Å². The molecule has 0 fully saturated rings. The van der Waals surface area contributed by atoms with Crippen LogP contribution in [-0.2, 0) is 6.42 Å². The summed E-state index contributed by atoms with van der Waals surface area (Å²) in [6, 6.07) is 4.39. The summed E-state index contributed by atoms with van der Waals surface area (Å²) in [5.74, 6) is -0.241. The first kappa shape index (κ1) is 10.7. The molecule has 0 bridgehead atoms. The number of pyridine rings is 1. The first-order chi connectivity index (χ1) is 6.63. The first-order valence-corrected chi connectivity index (χ1v) is 3.98. The second-order valence-electron chi connectivity index (χ2n) is 2.29. The predicted molar refractivity (Wildman–Crippen MR) is 45.2 cm³/mol. The second kappa shape index (κ2) is 4.72. The van der Waals surface area contributed by atoms with E-state index in [1.54, 1.807) is 0 Å². The molecule has 74 valence electrons. The normalized spacial score (nSPS) is 9.93. The van der Waals surface area contributed by atoms with Crippen LogP contribution in [0.4, 0.5) is 8.78 Å². The van der Waals surface area contributed by atoms with Crippen LogP contribution >= 0.6 is 11.6 Å². The van der Waals surface area contributed by atoms with E-state index in [1.807, 2.05) is 6.07 Å². The number of aromatic nitrogens is 1. The molecule has 0 aliphatic carbocycles. The number of nitriles is 1. The van der Waals surface area contributed by atoms with Crippen LogP contribution in [0.5, 0.6) is 5.88 Å². The van der Waals surface area contributed by atoms with E-state index in [0.29, 0.717) is 0 Å². The molecule has 1 heterocycles. The molecule has 0 saturated carbocycles. The largest absolute Gasteiger partial charge is 0.417 e. The lowest BCUT2D eigenvalue weighted by atomic mass is 10.3. The van der Waals surface area contributed by atoms with Gasteiger partial charge >= 0.3 is 6.61 Å². The average molecular weight is 219 g/mol. The molecule has 0 saturated heterocycles. The lowest BCUT2D eigenvalue weighted by molar-refractivity contribution is -0.0529. The Morgan fingerprint density at radius 2 is 2.29 bits per heavy atom. The van der Waals surface area contributed by atoms with Gasteiger partial charge in [0.25, 0.3) is 0 Å². The highest BCUT2D eigenvalue weighted by Crippen LogP contribution is 2.19. The monoisotopic (exact) mass is 218 g/mol. The summed E-state index contributed by atoms with van der Waals surface area (Å²) < 4.78 is 27.6. The molecule has 0 unspecified atom stereocenters. The maximum Gasteiger partial charge on any atom is 0.388 e. The van der Waals surface area contributed by atoms with E-state index in [2.05, 4.69) is 9.72 Å². The van der Waals surface area contributed by atoms with Crippen LogP contribution in [0.3, 0.4) is 0 Å². The summed E-state index contributed by atoms with van der Waals surface area (Å²) in [5, 5.41) is 8.64. The standard InChI is InChI=1S/C8H5ClF2N2O/c9-5-1-2-7(14-8(10)11)13-6(5)3-4-12/h1-2,8H,3H2. The van der Waals surface area contributed by atoms with E-state index < -0.39 is 6.61 Å². The van der Waals surface area contributed by atoms with E-state index in [1.165, 1.54) is 12.1 Å². The first-order valence-electron chi connectivity index (χ1n) is 3.60. The highest BCUT2D eigenvalue weighted by atomic mass is 35.5. The maximum absolute atomic E-state index is 11.8. The minimum atomic E-state index is -2.93. The lowest BCUT2D eigenvalue weighted by Crippen LogP contribution is -2.04. The number of halogens is 3. The molecule has 1 aromatic rings. The predicted octanol–water partition coefficient (Wildman–Crippen LogP) is 2.40. The Bertz CT molecular complexity index is 365. The van der Waals surface area contributed by atoms with Crippen molar-refractivity contribution in [3.8, 4) is 11.9 Å². The van der Waals surface area contributed by atoms with Gasteiger partial charge in [-0.1, -0.05) is 11.6 Å². The molecule has 0 aliphatic heterocycles. The third-order valence-corrected chi connectivity index (χ3v) is 1.69. The molecule has 1 rings (SSSR count). The highest BCUT2D eigenvalue weighted by molar-refractivity contribution is 6.31. The molecule has 14 heavy (non-hydrogen) atoms. The Balaban J connectivity index is 2.89. The number of ether oxygens (including phenoxy) is 1. The molecule has 0 N–H and O–H groups in total. The Morgan fingerprint density at radius 1 is 1.57 bits per heavy atom. The van der Waals surface area contributed by atoms with Crippen molar-refractivity contribution in [1.82, 2.24) is 4.98 Å². The van der Waals surface area contributed by atoms with E-state index >= 15 is 0 Å². The Hall–Kier alpha value is -1.41. The van der Waals surface area contributed by atoms with E-state index in [9.17, 15) is 8.78 Å². The molecule has 0 aromatic carbocycles. The highest BCUT2D eigenvalue weighted by Gasteiger charge is 2.08. The van der Waals surface area contributed by atoms with Crippen LogP contribution in [0, 0.1) is 11.3 Å². The Labute approximate surface area is 83.9 Å². The summed E-state index contributed by atoms with van der Waals surface area (Å²) in [6.45, 7) is -2.93. The molecule has 0 radical (unpaired) electrons. The molecule has 0 aliphatic rings. The summed E-state index contributed by atoms with van der Waals surface area (Å²) >= 11 is 5.65. The zero-order valence-electron chi connectivity index (χ0n) is 6.88. The van der Waals surface area contributed by atoms with Gasteiger partial charge in [0.1, 0.15) is 0 Å². The molecular formula is C8H5ClF2N2O. The van der Waals surface area contributed by atoms with E-state index in [-0.39, 0.29) is 23.0 Å². The van der Waals surface area contributed by atoms with Crippen LogP contribution in [-0.4, -0.2) is 11.6 Å². The summed E-state index contributed by atoms with van der Waals surface area (Å²) in [7, 11) is 0. The molecule has 0 atom stereocenters. The Kier molecular flexibility index (Phi) is 3.60. The smallest absolute Gasteiger partial charge is 0.388 e. The molecule has 0 amide bonds. The zero-order chi connectivity index (χ0) is 10.6. The van der Waals surface area contributed by atoms with Crippen molar-refractivity contribution in [3.05, 3.63) is 22.8 Å². The van der Waals surface area contributed by atoms with Crippen molar-refractivity contribution in [1.29, 1.82) is 5.26 Å².